The maximum absolute atomic E-state index is 12.2. The number of methoxy groups -OCH3 is 1. The van der Waals surface area contributed by atoms with E-state index in [0.717, 1.165) is 22.1 Å². The van der Waals surface area contributed by atoms with Gasteiger partial charge in [-0.05, 0) is 58.8 Å². The number of esters is 1. The Hall–Kier alpha value is -3.93. The van der Waals surface area contributed by atoms with Crippen molar-refractivity contribution < 1.29 is 19.2 Å². The minimum absolute atomic E-state index is 0.000161. The third-order valence-corrected chi connectivity index (χ3v) is 4.48. The molecule has 6 heteroatoms. The number of nitro benzene ring substituents is 1. The lowest BCUT2D eigenvalue weighted by Gasteiger charge is -2.06. The quantitative estimate of drug-likeness (QED) is 0.286. The molecule has 3 aromatic carbocycles. The molecule has 0 unspecified atom stereocenters. The molecule has 3 aromatic rings. The first-order chi connectivity index (χ1) is 13.5. The fourth-order valence-electron chi connectivity index (χ4n) is 3.01. The van der Waals surface area contributed by atoms with Crippen LogP contribution in [0.1, 0.15) is 11.1 Å². The number of rotatable bonds is 4. The summed E-state index contributed by atoms with van der Waals surface area (Å²) in [5, 5.41) is 12.8. The van der Waals surface area contributed by atoms with Gasteiger partial charge in [-0.2, -0.15) is 0 Å². The van der Waals surface area contributed by atoms with Crippen molar-refractivity contribution in [3.63, 3.8) is 0 Å². The summed E-state index contributed by atoms with van der Waals surface area (Å²) in [4.78, 5) is 22.5. The van der Waals surface area contributed by atoms with E-state index in [0.29, 0.717) is 16.9 Å². The topological polar surface area (TPSA) is 78.7 Å². The SMILES string of the molecule is COc1ccc2cc(C3=C/C(=C/c4ccc([N+](=O)[O-])cc4)C(=O)O3)ccc2c1. The first-order valence-corrected chi connectivity index (χ1v) is 8.52. The van der Waals surface area contributed by atoms with Crippen molar-refractivity contribution in [2.75, 3.05) is 7.11 Å². The minimum atomic E-state index is -0.464. The Morgan fingerprint density at radius 3 is 2.43 bits per heavy atom. The van der Waals surface area contributed by atoms with Gasteiger partial charge in [0.2, 0.25) is 0 Å². The van der Waals surface area contributed by atoms with E-state index in [4.69, 9.17) is 9.47 Å². The van der Waals surface area contributed by atoms with Gasteiger partial charge in [-0.15, -0.1) is 0 Å². The normalized spacial score (nSPS) is 14.8. The molecule has 0 amide bonds. The molecule has 28 heavy (non-hydrogen) atoms. The molecule has 0 fully saturated rings. The molecule has 138 valence electrons. The summed E-state index contributed by atoms with van der Waals surface area (Å²) >= 11 is 0. The molecule has 0 N–H and O–H groups in total. The highest BCUT2D eigenvalue weighted by atomic mass is 16.6. The molecule has 0 bridgehead atoms. The predicted molar refractivity (Wildman–Crippen MR) is 106 cm³/mol. The van der Waals surface area contributed by atoms with Crippen LogP contribution in [0.3, 0.4) is 0 Å². The number of nitrogens with zero attached hydrogens (tertiary/aromatic N) is 1. The lowest BCUT2D eigenvalue weighted by molar-refractivity contribution is -0.384. The van der Waals surface area contributed by atoms with Gasteiger partial charge in [0.05, 0.1) is 17.6 Å². The van der Waals surface area contributed by atoms with Gasteiger partial charge in [0.1, 0.15) is 11.5 Å². The molecule has 0 saturated heterocycles. The zero-order chi connectivity index (χ0) is 19.7. The number of carbonyl (C=O) groups is 1. The van der Waals surface area contributed by atoms with Gasteiger partial charge in [0.25, 0.3) is 5.69 Å². The van der Waals surface area contributed by atoms with Gasteiger partial charge < -0.3 is 9.47 Å². The Bertz CT molecular complexity index is 1160. The Labute approximate surface area is 160 Å². The number of benzene rings is 3. The van der Waals surface area contributed by atoms with Crippen LogP contribution in [0.4, 0.5) is 5.69 Å². The zero-order valence-electron chi connectivity index (χ0n) is 14.9. The number of fused-ring (bicyclic) bond motifs is 1. The smallest absolute Gasteiger partial charge is 0.343 e. The standard InChI is InChI=1S/C22H15NO5/c1-27-20-9-6-15-11-17(5-4-16(15)12-20)21-13-18(22(24)28-21)10-14-2-7-19(8-3-14)23(25)26/h2-13H,1H3/b18-10-. The van der Waals surface area contributed by atoms with Crippen LogP contribution in [0.5, 0.6) is 5.75 Å². The van der Waals surface area contributed by atoms with E-state index in [1.54, 1.807) is 31.4 Å². The fraction of sp³-hybridized carbons (Fsp3) is 0.0455. The van der Waals surface area contributed by atoms with Gasteiger partial charge in [-0.1, -0.05) is 18.2 Å². The van der Waals surface area contributed by atoms with E-state index in [1.807, 2.05) is 36.4 Å². The second-order valence-electron chi connectivity index (χ2n) is 6.27. The summed E-state index contributed by atoms with van der Waals surface area (Å²) in [6, 6.07) is 17.5. The Morgan fingerprint density at radius 2 is 1.71 bits per heavy atom. The Morgan fingerprint density at radius 1 is 1.00 bits per heavy atom. The van der Waals surface area contributed by atoms with E-state index in [9.17, 15) is 14.9 Å². The van der Waals surface area contributed by atoms with Gasteiger partial charge >= 0.3 is 5.97 Å². The van der Waals surface area contributed by atoms with Crippen molar-refractivity contribution in [3.05, 3.63) is 93.6 Å². The number of carbonyl (C=O) groups excluding carboxylic acids is 1. The number of hydrogen-bond acceptors (Lipinski definition) is 5. The Balaban J connectivity index is 1.65. The zero-order valence-corrected chi connectivity index (χ0v) is 14.9. The highest BCUT2D eigenvalue weighted by Gasteiger charge is 2.22. The molecule has 0 spiro atoms. The lowest BCUT2D eigenvalue weighted by Crippen LogP contribution is -1.97. The molecule has 1 aliphatic rings. The Kier molecular flexibility index (Phi) is 4.37. The molecule has 1 heterocycles. The first kappa shape index (κ1) is 17.5. The van der Waals surface area contributed by atoms with Crippen molar-refractivity contribution in [1.29, 1.82) is 0 Å². The molecule has 0 saturated carbocycles. The lowest BCUT2D eigenvalue weighted by atomic mass is 10.0. The number of non-ortho nitro benzene ring substituents is 1. The molecule has 0 atom stereocenters. The highest BCUT2D eigenvalue weighted by Crippen LogP contribution is 2.30. The van der Waals surface area contributed by atoms with Crippen LogP contribution in [0, 0.1) is 10.1 Å². The average Bonchev–Trinajstić information content (AvgIpc) is 3.08. The maximum atomic E-state index is 12.2. The number of nitro groups is 1. The van der Waals surface area contributed by atoms with Crippen LogP contribution < -0.4 is 4.74 Å². The second-order valence-corrected chi connectivity index (χ2v) is 6.27. The summed E-state index contributed by atoms with van der Waals surface area (Å²) in [5.74, 6) is 0.791. The third-order valence-electron chi connectivity index (χ3n) is 4.48. The van der Waals surface area contributed by atoms with Crippen LogP contribution in [0.2, 0.25) is 0 Å². The van der Waals surface area contributed by atoms with Gasteiger partial charge in [0, 0.05) is 17.7 Å². The molecular formula is C22H15NO5. The van der Waals surface area contributed by atoms with Crippen molar-refractivity contribution in [3.8, 4) is 5.75 Å². The number of cyclic esters (lactones) is 1. The van der Waals surface area contributed by atoms with E-state index in [-0.39, 0.29) is 5.69 Å². The monoisotopic (exact) mass is 373 g/mol. The van der Waals surface area contributed by atoms with Gasteiger partial charge in [0.15, 0.2) is 0 Å². The number of ether oxygens (including phenoxy) is 2. The fourth-order valence-corrected chi connectivity index (χ4v) is 3.01. The largest absolute Gasteiger partial charge is 0.497 e. The number of hydrogen-bond donors (Lipinski definition) is 0. The van der Waals surface area contributed by atoms with Crippen LogP contribution in [-0.4, -0.2) is 18.0 Å². The second kappa shape index (κ2) is 7.00. The van der Waals surface area contributed by atoms with Gasteiger partial charge in [-0.25, -0.2) is 4.79 Å². The van der Waals surface area contributed by atoms with Crippen LogP contribution in [-0.2, 0) is 9.53 Å². The van der Waals surface area contributed by atoms with Crippen LogP contribution in [0.25, 0.3) is 22.6 Å². The summed E-state index contributed by atoms with van der Waals surface area (Å²) in [6.07, 6.45) is 3.32. The predicted octanol–water partition coefficient (Wildman–Crippen LogP) is 4.74. The van der Waals surface area contributed by atoms with Crippen LogP contribution in [0.15, 0.2) is 72.3 Å². The third kappa shape index (κ3) is 3.35. The van der Waals surface area contributed by atoms with Crippen molar-refractivity contribution >= 4 is 34.3 Å². The van der Waals surface area contributed by atoms with E-state index in [1.165, 1.54) is 12.1 Å². The van der Waals surface area contributed by atoms with Crippen molar-refractivity contribution in [2.24, 2.45) is 0 Å². The van der Waals surface area contributed by atoms with Crippen LogP contribution >= 0.6 is 0 Å². The summed E-state index contributed by atoms with van der Waals surface area (Å²) in [6.45, 7) is 0. The van der Waals surface area contributed by atoms with E-state index >= 15 is 0 Å². The molecule has 4 rings (SSSR count). The summed E-state index contributed by atoms with van der Waals surface area (Å²) in [5.41, 5.74) is 1.86. The molecule has 0 aliphatic carbocycles. The summed E-state index contributed by atoms with van der Waals surface area (Å²) in [7, 11) is 1.62. The molecule has 6 nitrogen and oxygen atoms in total. The van der Waals surface area contributed by atoms with Gasteiger partial charge in [-0.3, -0.25) is 10.1 Å². The molecule has 1 aliphatic heterocycles. The highest BCUT2D eigenvalue weighted by molar-refractivity contribution is 6.05. The molecule has 0 aromatic heterocycles. The summed E-state index contributed by atoms with van der Waals surface area (Å²) < 4.78 is 10.6. The van der Waals surface area contributed by atoms with E-state index in [2.05, 4.69) is 0 Å². The van der Waals surface area contributed by atoms with E-state index < -0.39 is 10.9 Å². The first-order valence-electron chi connectivity index (χ1n) is 8.52. The molecule has 0 radical (unpaired) electrons. The van der Waals surface area contributed by atoms with Crippen molar-refractivity contribution in [2.45, 2.75) is 0 Å². The maximum Gasteiger partial charge on any atom is 0.343 e. The van der Waals surface area contributed by atoms with Crippen molar-refractivity contribution in [1.82, 2.24) is 0 Å². The minimum Gasteiger partial charge on any atom is -0.497 e. The molecular weight excluding hydrogens is 358 g/mol. The average molecular weight is 373 g/mol.